The molecule has 0 fully saturated rings. The van der Waals surface area contributed by atoms with Crippen molar-refractivity contribution >= 4 is 62.3 Å². The van der Waals surface area contributed by atoms with Crippen LogP contribution in [-0.2, 0) is 0 Å². The van der Waals surface area contributed by atoms with Gasteiger partial charge in [-0.3, -0.25) is 0 Å². The molecule has 0 amide bonds. The Labute approximate surface area is 272 Å². The molecule has 4 heterocycles. The molecule has 0 spiro atoms. The maximum atomic E-state index is 6.60. The highest BCUT2D eigenvalue weighted by molar-refractivity contribution is 7.03. The summed E-state index contributed by atoms with van der Waals surface area (Å²) in [4.78, 5) is 10.8. The van der Waals surface area contributed by atoms with E-state index in [9.17, 15) is 0 Å². The fourth-order valence-corrected chi connectivity index (χ4v) is 10.7. The van der Waals surface area contributed by atoms with Crippen LogP contribution >= 0.6 is 0 Å². The third kappa shape index (κ3) is 3.69. The maximum absolute atomic E-state index is 6.60. The summed E-state index contributed by atoms with van der Waals surface area (Å²) in [7, 11) is -2.06. The van der Waals surface area contributed by atoms with E-state index < -0.39 is 8.07 Å². The van der Waals surface area contributed by atoms with Gasteiger partial charge in [0.1, 0.15) is 13.7 Å². The van der Waals surface area contributed by atoms with Crippen molar-refractivity contribution in [2.75, 3.05) is 0 Å². The SMILES string of the molecule is C[Si]1(C)c2ccccc2-c2c(-c3ccccc3)nc(-c3cccc(-n4c5ccccc5c5ccc6c7ccccc7oc6c54)c3)nc21. The summed E-state index contributed by atoms with van der Waals surface area (Å²) in [6.45, 7) is 4.83. The zero-order chi connectivity index (χ0) is 31.3. The van der Waals surface area contributed by atoms with Crippen molar-refractivity contribution in [3.8, 4) is 39.5 Å². The van der Waals surface area contributed by atoms with Crippen molar-refractivity contribution in [1.82, 2.24) is 14.5 Å². The van der Waals surface area contributed by atoms with Gasteiger partial charge in [0.15, 0.2) is 11.4 Å². The van der Waals surface area contributed by atoms with E-state index in [0.717, 1.165) is 61.3 Å². The number of para-hydroxylation sites is 2. The average Bonchev–Trinajstić information content (AvgIpc) is 3.74. The van der Waals surface area contributed by atoms with Crippen LogP contribution in [0.5, 0.6) is 0 Å². The van der Waals surface area contributed by atoms with Gasteiger partial charge < -0.3 is 8.98 Å². The molecule has 0 radical (unpaired) electrons. The summed E-state index contributed by atoms with van der Waals surface area (Å²) in [6, 6.07) is 49.4. The van der Waals surface area contributed by atoms with Gasteiger partial charge in [0, 0.05) is 49.2 Å². The quantitative estimate of drug-likeness (QED) is 0.185. The Bertz CT molecular complexity index is 2720. The van der Waals surface area contributed by atoms with Crippen LogP contribution in [0.25, 0.3) is 83.2 Å². The van der Waals surface area contributed by atoms with Crippen LogP contribution in [0.15, 0.2) is 144 Å². The highest BCUT2D eigenvalue weighted by Crippen LogP contribution is 2.41. The van der Waals surface area contributed by atoms with Crippen molar-refractivity contribution in [1.29, 1.82) is 0 Å². The molecule has 222 valence electrons. The second kappa shape index (κ2) is 9.61. The van der Waals surface area contributed by atoms with E-state index in [-0.39, 0.29) is 0 Å². The van der Waals surface area contributed by atoms with E-state index >= 15 is 0 Å². The summed E-state index contributed by atoms with van der Waals surface area (Å²) < 4.78 is 8.95. The number of fused-ring (bicyclic) bond motifs is 10. The first-order valence-electron chi connectivity index (χ1n) is 16.1. The van der Waals surface area contributed by atoms with Gasteiger partial charge in [0.05, 0.1) is 16.7 Å². The lowest BCUT2D eigenvalue weighted by molar-refractivity contribution is 0.671. The second-order valence-electron chi connectivity index (χ2n) is 13.0. The van der Waals surface area contributed by atoms with Crippen LogP contribution in [0.4, 0.5) is 0 Å². The van der Waals surface area contributed by atoms with Crippen molar-refractivity contribution < 1.29 is 4.42 Å². The average molecular weight is 620 g/mol. The molecule has 10 rings (SSSR count). The third-order valence-electron chi connectivity index (χ3n) is 9.96. The Kier molecular flexibility index (Phi) is 5.41. The number of furan rings is 1. The topological polar surface area (TPSA) is 43.9 Å². The van der Waals surface area contributed by atoms with E-state index in [2.05, 4.69) is 145 Å². The van der Waals surface area contributed by atoms with Gasteiger partial charge in [-0.05, 0) is 41.1 Å². The summed E-state index contributed by atoms with van der Waals surface area (Å²) in [5, 5.41) is 7.24. The zero-order valence-electron chi connectivity index (χ0n) is 26.0. The molecular weight excluding hydrogens is 591 g/mol. The van der Waals surface area contributed by atoms with E-state index in [1.807, 2.05) is 12.1 Å². The molecule has 0 saturated carbocycles. The van der Waals surface area contributed by atoms with E-state index in [1.165, 1.54) is 32.4 Å². The molecule has 0 atom stereocenters. The van der Waals surface area contributed by atoms with Gasteiger partial charge in [0.2, 0.25) is 0 Å². The van der Waals surface area contributed by atoms with Crippen LogP contribution < -0.4 is 10.5 Å². The normalized spacial score (nSPS) is 13.5. The lowest BCUT2D eigenvalue weighted by Gasteiger charge is -2.19. The van der Waals surface area contributed by atoms with Crippen molar-refractivity contribution in [2.45, 2.75) is 13.1 Å². The molecule has 3 aromatic heterocycles. The predicted octanol–water partition coefficient (Wildman–Crippen LogP) is 9.61. The molecule has 0 unspecified atom stereocenters. The Morgan fingerprint density at radius 3 is 2.21 bits per heavy atom. The van der Waals surface area contributed by atoms with E-state index in [4.69, 9.17) is 14.4 Å². The Morgan fingerprint density at radius 1 is 0.596 bits per heavy atom. The third-order valence-corrected chi connectivity index (χ3v) is 13.3. The standard InChI is InChI=1S/C42H29N3OSi/c1-47(2)36-22-11-8-19-33(36)37-38(26-13-4-3-5-14-26)43-41(44-42(37)47)27-15-12-16-28(25-27)45-34-20-9-6-17-29(34)31-23-24-32-30-18-7-10-21-35(30)46-40(32)39(31)45/h3-25H,1-2H3. The molecule has 6 aromatic carbocycles. The Balaban J connectivity index is 1.24. The lowest BCUT2D eigenvalue weighted by atomic mass is 10.0. The number of benzene rings is 6. The number of rotatable bonds is 3. The summed E-state index contributed by atoms with van der Waals surface area (Å²) in [5.41, 5.74) is 10.6. The summed E-state index contributed by atoms with van der Waals surface area (Å²) >= 11 is 0. The van der Waals surface area contributed by atoms with Crippen molar-refractivity contribution in [2.24, 2.45) is 0 Å². The van der Waals surface area contributed by atoms with Crippen molar-refractivity contribution in [3.63, 3.8) is 0 Å². The minimum absolute atomic E-state index is 0.757. The van der Waals surface area contributed by atoms with Gasteiger partial charge in [-0.25, -0.2) is 9.97 Å². The lowest BCUT2D eigenvalue weighted by Crippen LogP contribution is -2.50. The molecule has 1 aliphatic heterocycles. The maximum Gasteiger partial charge on any atom is 0.160 e. The van der Waals surface area contributed by atoms with Gasteiger partial charge in [-0.2, -0.15) is 0 Å². The Morgan fingerprint density at radius 2 is 1.32 bits per heavy atom. The number of hydrogen-bond acceptors (Lipinski definition) is 3. The minimum Gasteiger partial charge on any atom is -0.454 e. The predicted molar refractivity (Wildman–Crippen MR) is 197 cm³/mol. The van der Waals surface area contributed by atoms with Gasteiger partial charge in [0.25, 0.3) is 0 Å². The highest BCUT2D eigenvalue weighted by Gasteiger charge is 2.41. The first-order valence-corrected chi connectivity index (χ1v) is 19.1. The van der Waals surface area contributed by atoms with Crippen LogP contribution in [0.3, 0.4) is 0 Å². The fraction of sp³-hybridized carbons (Fsp3) is 0.0476. The molecule has 1 aliphatic rings. The largest absolute Gasteiger partial charge is 0.454 e. The zero-order valence-corrected chi connectivity index (χ0v) is 27.0. The van der Waals surface area contributed by atoms with Crippen LogP contribution in [0.2, 0.25) is 13.1 Å². The fourth-order valence-electron chi connectivity index (χ4n) is 7.76. The van der Waals surface area contributed by atoms with Crippen LogP contribution in [-0.4, -0.2) is 22.6 Å². The minimum atomic E-state index is -2.06. The first-order chi connectivity index (χ1) is 23.1. The number of nitrogens with zero attached hydrogens (tertiary/aromatic N) is 3. The smallest absolute Gasteiger partial charge is 0.160 e. The molecule has 0 saturated heterocycles. The molecule has 0 bridgehead atoms. The number of aromatic nitrogens is 3. The molecule has 0 aliphatic carbocycles. The highest BCUT2D eigenvalue weighted by atomic mass is 28.3. The molecule has 47 heavy (non-hydrogen) atoms. The molecule has 9 aromatic rings. The molecule has 0 N–H and O–H groups in total. The number of hydrogen-bond donors (Lipinski definition) is 0. The summed E-state index contributed by atoms with van der Waals surface area (Å²) in [5.74, 6) is 0.757. The molecule has 4 nitrogen and oxygen atoms in total. The van der Waals surface area contributed by atoms with Crippen LogP contribution in [0.1, 0.15) is 0 Å². The van der Waals surface area contributed by atoms with E-state index in [0.29, 0.717) is 0 Å². The summed E-state index contributed by atoms with van der Waals surface area (Å²) in [6.07, 6.45) is 0. The van der Waals surface area contributed by atoms with Gasteiger partial charge in [-0.1, -0.05) is 122 Å². The van der Waals surface area contributed by atoms with Gasteiger partial charge >= 0.3 is 0 Å². The Hall–Kier alpha value is -5.78. The van der Waals surface area contributed by atoms with Crippen molar-refractivity contribution in [3.05, 3.63) is 140 Å². The monoisotopic (exact) mass is 619 g/mol. The first kappa shape index (κ1) is 26.4. The van der Waals surface area contributed by atoms with Gasteiger partial charge in [-0.15, -0.1) is 0 Å². The molecule has 5 heteroatoms. The van der Waals surface area contributed by atoms with E-state index in [1.54, 1.807) is 0 Å². The second-order valence-corrected chi connectivity index (χ2v) is 17.3. The molecular formula is C42H29N3OSi. The van der Waals surface area contributed by atoms with Crippen LogP contribution in [0, 0.1) is 0 Å².